The lowest BCUT2D eigenvalue weighted by atomic mass is 10.3. The molecule has 1 aromatic heterocycles. The van der Waals surface area contributed by atoms with E-state index in [4.69, 9.17) is 4.74 Å². The molecule has 0 spiro atoms. The molecular formula is C12H20N2O. The molecule has 2 heterocycles. The van der Waals surface area contributed by atoms with Gasteiger partial charge in [-0.05, 0) is 18.6 Å². The van der Waals surface area contributed by atoms with Crippen LogP contribution in [0.2, 0.25) is 0 Å². The van der Waals surface area contributed by atoms with Crippen LogP contribution in [0.25, 0.3) is 0 Å². The molecule has 0 atom stereocenters. The summed E-state index contributed by atoms with van der Waals surface area (Å²) in [5, 5.41) is 0. The Kier molecular flexibility index (Phi) is 3.80. The molecule has 0 amide bonds. The fraction of sp³-hybridized carbons (Fsp3) is 0.667. The molecule has 1 aliphatic heterocycles. The van der Waals surface area contributed by atoms with E-state index in [1.165, 1.54) is 5.69 Å². The lowest BCUT2D eigenvalue weighted by Crippen LogP contribution is -2.38. The van der Waals surface area contributed by atoms with Gasteiger partial charge in [-0.1, -0.05) is 6.92 Å². The predicted molar refractivity (Wildman–Crippen MR) is 61.1 cm³/mol. The first-order valence-corrected chi connectivity index (χ1v) is 5.84. The van der Waals surface area contributed by atoms with Crippen molar-refractivity contribution in [2.75, 3.05) is 32.8 Å². The van der Waals surface area contributed by atoms with Crippen LogP contribution in [0.1, 0.15) is 12.6 Å². The van der Waals surface area contributed by atoms with Crippen LogP contribution in [0, 0.1) is 0 Å². The summed E-state index contributed by atoms with van der Waals surface area (Å²) in [6.07, 6.45) is 3.30. The monoisotopic (exact) mass is 208 g/mol. The molecule has 15 heavy (non-hydrogen) atoms. The minimum absolute atomic E-state index is 0.895. The molecule has 0 saturated carbocycles. The SMILES string of the molecule is CCc1cccn1CCN1CCOCC1. The summed E-state index contributed by atoms with van der Waals surface area (Å²) in [6.45, 7) is 8.42. The van der Waals surface area contributed by atoms with Gasteiger partial charge in [0, 0.05) is 38.1 Å². The second kappa shape index (κ2) is 5.33. The van der Waals surface area contributed by atoms with E-state index < -0.39 is 0 Å². The molecule has 3 nitrogen and oxygen atoms in total. The van der Waals surface area contributed by atoms with Gasteiger partial charge < -0.3 is 9.30 Å². The quantitative estimate of drug-likeness (QED) is 0.744. The number of nitrogens with zero attached hydrogens (tertiary/aromatic N) is 2. The zero-order chi connectivity index (χ0) is 10.5. The Morgan fingerprint density at radius 1 is 1.27 bits per heavy atom. The highest BCUT2D eigenvalue weighted by Gasteiger charge is 2.09. The number of aromatic nitrogens is 1. The van der Waals surface area contributed by atoms with E-state index in [0.717, 1.165) is 45.8 Å². The molecule has 1 fully saturated rings. The Morgan fingerprint density at radius 3 is 2.80 bits per heavy atom. The van der Waals surface area contributed by atoms with Gasteiger partial charge in [0.15, 0.2) is 0 Å². The molecule has 1 saturated heterocycles. The van der Waals surface area contributed by atoms with E-state index in [2.05, 4.69) is 34.7 Å². The standard InChI is InChI=1S/C12H20N2O/c1-2-12-4-3-5-14(12)7-6-13-8-10-15-11-9-13/h3-5H,2,6-11H2,1H3. The van der Waals surface area contributed by atoms with Crippen molar-refractivity contribution in [2.24, 2.45) is 0 Å². The van der Waals surface area contributed by atoms with Crippen molar-refractivity contribution in [2.45, 2.75) is 19.9 Å². The Labute approximate surface area is 91.6 Å². The van der Waals surface area contributed by atoms with Crippen LogP contribution in [0.3, 0.4) is 0 Å². The van der Waals surface area contributed by atoms with Gasteiger partial charge in [0.1, 0.15) is 0 Å². The maximum absolute atomic E-state index is 5.33. The molecule has 0 N–H and O–H groups in total. The number of morpholine rings is 1. The second-order valence-electron chi connectivity index (χ2n) is 4.00. The molecule has 0 aliphatic carbocycles. The molecule has 0 radical (unpaired) electrons. The number of rotatable bonds is 4. The van der Waals surface area contributed by atoms with Crippen molar-refractivity contribution in [3.05, 3.63) is 24.0 Å². The molecule has 0 unspecified atom stereocenters. The van der Waals surface area contributed by atoms with Crippen molar-refractivity contribution in [1.29, 1.82) is 0 Å². The van der Waals surface area contributed by atoms with Crippen LogP contribution in [0.15, 0.2) is 18.3 Å². The van der Waals surface area contributed by atoms with Crippen molar-refractivity contribution >= 4 is 0 Å². The summed E-state index contributed by atoms with van der Waals surface area (Å²) in [6, 6.07) is 4.34. The number of aryl methyl sites for hydroxylation is 1. The summed E-state index contributed by atoms with van der Waals surface area (Å²) >= 11 is 0. The largest absolute Gasteiger partial charge is 0.379 e. The summed E-state index contributed by atoms with van der Waals surface area (Å²) in [4.78, 5) is 2.48. The van der Waals surface area contributed by atoms with Gasteiger partial charge >= 0.3 is 0 Å². The van der Waals surface area contributed by atoms with Gasteiger partial charge in [-0.25, -0.2) is 0 Å². The molecule has 1 aliphatic rings. The van der Waals surface area contributed by atoms with Gasteiger partial charge in [-0.3, -0.25) is 4.90 Å². The molecule has 84 valence electrons. The zero-order valence-corrected chi connectivity index (χ0v) is 9.48. The second-order valence-corrected chi connectivity index (χ2v) is 4.00. The van der Waals surface area contributed by atoms with Crippen molar-refractivity contribution in [3.8, 4) is 0 Å². The van der Waals surface area contributed by atoms with Gasteiger partial charge in [0.25, 0.3) is 0 Å². The molecular weight excluding hydrogens is 188 g/mol. The molecule has 2 rings (SSSR count). The van der Waals surface area contributed by atoms with Crippen LogP contribution in [0.5, 0.6) is 0 Å². The summed E-state index contributed by atoms with van der Waals surface area (Å²) < 4.78 is 7.69. The van der Waals surface area contributed by atoms with Crippen molar-refractivity contribution < 1.29 is 4.74 Å². The third-order valence-corrected chi connectivity index (χ3v) is 3.05. The topological polar surface area (TPSA) is 17.4 Å². The smallest absolute Gasteiger partial charge is 0.0594 e. The van der Waals surface area contributed by atoms with E-state index in [9.17, 15) is 0 Å². The zero-order valence-electron chi connectivity index (χ0n) is 9.48. The Hall–Kier alpha value is -0.800. The highest BCUT2D eigenvalue weighted by atomic mass is 16.5. The fourth-order valence-corrected chi connectivity index (χ4v) is 2.06. The predicted octanol–water partition coefficient (Wildman–Crippen LogP) is 1.38. The van der Waals surface area contributed by atoms with E-state index in [1.54, 1.807) is 0 Å². The minimum Gasteiger partial charge on any atom is -0.379 e. The summed E-state index contributed by atoms with van der Waals surface area (Å²) in [5.41, 5.74) is 1.43. The van der Waals surface area contributed by atoms with E-state index in [1.807, 2.05) is 0 Å². The molecule has 3 heteroatoms. The molecule has 0 aromatic carbocycles. The van der Waals surface area contributed by atoms with Crippen LogP contribution in [-0.2, 0) is 17.7 Å². The Bertz CT molecular complexity index is 290. The maximum atomic E-state index is 5.33. The summed E-state index contributed by atoms with van der Waals surface area (Å²) in [5.74, 6) is 0. The van der Waals surface area contributed by atoms with Gasteiger partial charge in [-0.15, -0.1) is 0 Å². The maximum Gasteiger partial charge on any atom is 0.0594 e. The first kappa shape index (κ1) is 10.7. The third kappa shape index (κ3) is 2.83. The van der Waals surface area contributed by atoms with E-state index in [0.29, 0.717) is 0 Å². The van der Waals surface area contributed by atoms with Gasteiger partial charge in [0.05, 0.1) is 13.2 Å². The van der Waals surface area contributed by atoms with Crippen LogP contribution in [0.4, 0.5) is 0 Å². The van der Waals surface area contributed by atoms with Crippen molar-refractivity contribution in [3.63, 3.8) is 0 Å². The number of hydrogen-bond acceptors (Lipinski definition) is 2. The average molecular weight is 208 g/mol. The first-order chi connectivity index (χ1) is 7.40. The van der Waals surface area contributed by atoms with Crippen LogP contribution < -0.4 is 0 Å². The van der Waals surface area contributed by atoms with Crippen LogP contribution >= 0.6 is 0 Å². The Balaban J connectivity index is 1.81. The number of ether oxygens (including phenoxy) is 1. The number of hydrogen-bond donors (Lipinski definition) is 0. The molecule has 1 aromatic rings. The van der Waals surface area contributed by atoms with E-state index >= 15 is 0 Å². The van der Waals surface area contributed by atoms with Crippen molar-refractivity contribution in [1.82, 2.24) is 9.47 Å². The average Bonchev–Trinajstić information content (AvgIpc) is 2.75. The summed E-state index contributed by atoms with van der Waals surface area (Å²) in [7, 11) is 0. The normalized spacial score (nSPS) is 18.2. The third-order valence-electron chi connectivity index (χ3n) is 3.05. The Morgan fingerprint density at radius 2 is 2.07 bits per heavy atom. The first-order valence-electron chi connectivity index (χ1n) is 5.84. The lowest BCUT2D eigenvalue weighted by Gasteiger charge is -2.26. The van der Waals surface area contributed by atoms with Gasteiger partial charge in [-0.2, -0.15) is 0 Å². The lowest BCUT2D eigenvalue weighted by molar-refractivity contribution is 0.0363. The molecule has 0 bridgehead atoms. The van der Waals surface area contributed by atoms with Gasteiger partial charge in [0.2, 0.25) is 0 Å². The minimum atomic E-state index is 0.895. The fourth-order valence-electron chi connectivity index (χ4n) is 2.06. The van der Waals surface area contributed by atoms with E-state index in [-0.39, 0.29) is 0 Å². The van der Waals surface area contributed by atoms with Crippen LogP contribution in [-0.4, -0.2) is 42.3 Å². The highest BCUT2D eigenvalue weighted by Crippen LogP contribution is 2.04. The highest BCUT2D eigenvalue weighted by molar-refractivity contribution is 5.06.